The minimum absolute atomic E-state index is 0.277. The summed E-state index contributed by atoms with van der Waals surface area (Å²) in [7, 11) is -1.48. The Kier molecular flexibility index (Phi) is 5.14. The Morgan fingerprint density at radius 3 is 2.53 bits per heavy atom. The molecule has 0 bridgehead atoms. The van der Waals surface area contributed by atoms with Crippen molar-refractivity contribution in [2.24, 2.45) is 0 Å². The lowest BCUT2D eigenvalue weighted by atomic mass is 10.3. The SMILES string of the molecule is COc1ccc([S@+]([O-])CO[PH](=O)O)cc1. The minimum Gasteiger partial charge on any atom is -0.610 e. The number of methoxy groups -OCH3 is 1. The second-order valence-corrected chi connectivity index (χ2v) is 4.77. The van der Waals surface area contributed by atoms with Gasteiger partial charge in [0.25, 0.3) is 0 Å². The summed E-state index contributed by atoms with van der Waals surface area (Å²) >= 11 is -1.43. The van der Waals surface area contributed by atoms with Crippen LogP contribution in [0.5, 0.6) is 5.75 Å². The Morgan fingerprint density at radius 1 is 1.47 bits per heavy atom. The second-order valence-electron chi connectivity index (χ2n) is 2.55. The molecule has 15 heavy (non-hydrogen) atoms. The molecule has 84 valence electrons. The van der Waals surface area contributed by atoms with Crippen LogP contribution in [0.25, 0.3) is 0 Å². The van der Waals surface area contributed by atoms with E-state index in [1.54, 1.807) is 24.3 Å². The van der Waals surface area contributed by atoms with Crippen LogP contribution < -0.4 is 4.74 Å². The van der Waals surface area contributed by atoms with Crippen molar-refractivity contribution in [2.45, 2.75) is 4.90 Å². The third kappa shape index (κ3) is 4.24. The number of rotatable bonds is 5. The molecule has 1 rings (SSSR count). The van der Waals surface area contributed by atoms with E-state index in [9.17, 15) is 9.12 Å². The van der Waals surface area contributed by atoms with Crippen molar-refractivity contribution >= 4 is 19.4 Å². The lowest BCUT2D eigenvalue weighted by molar-refractivity contribution is 0.322. The molecule has 1 unspecified atom stereocenters. The van der Waals surface area contributed by atoms with Crippen molar-refractivity contribution in [3.8, 4) is 5.75 Å². The molecule has 0 aliphatic heterocycles. The summed E-state index contributed by atoms with van der Waals surface area (Å²) in [6, 6.07) is 6.56. The zero-order valence-corrected chi connectivity index (χ0v) is 9.82. The molecule has 5 nitrogen and oxygen atoms in total. The minimum atomic E-state index is -3.02. The van der Waals surface area contributed by atoms with E-state index in [0.717, 1.165) is 0 Å². The van der Waals surface area contributed by atoms with Gasteiger partial charge in [0, 0.05) is 11.2 Å². The highest BCUT2D eigenvalue weighted by Crippen LogP contribution is 2.21. The van der Waals surface area contributed by atoms with Gasteiger partial charge in [-0.25, -0.2) is 0 Å². The van der Waals surface area contributed by atoms with E-state index in [0.29, 0.717) is 10.6 Å². The van der Waals surface area contributed by atoms with Gasteiger partial charge in [0.15, 0.2) is 4.90 Å². The molecular formula is C8H11O5PS. The molecule has 0 aromatic heterocycles. The normalized spacial score (nSPS) is 14.6. The van der Waals surface area contributed by atoms with Gasteiger partial charge in [0.1, 0.15) is 5.75 Å². The van der Waals surface area contributed by atoms with Crippen LogP contribution in [0.15, 0.2) is 29.2 Å². The van der Waals surface area contributed by atoms with Crippen LogP contribution in [0.3, 0.4) is 0 Å². The molecule has 0 fully saturated rings. The summed E-state index contributed by atoms with van der Waals surface area (Å²) in [6.45, 7) is 0. The van der Waals surface area contributed by atoms with E-state index in [-0.39, 0.29) is 5.94 Å². The monoisotopic (exact) mass is 250 g/mol. The van der Waals surface area contributed by atoms with E-state index in [2.05, 4.69) is 4.52 Å². The zero-order chi connectivity index (χ0) is 11.3. The molecule has 2 atom stereocenters. The molecule has 0 saturated heterocycles. The molecule has 0 aliphatic carbocycles. The van der Waals surface area contributed by atoms with Crippen LogP contribution in [-0.4, -0.2) is 22.5 Å². The largest absolute Gasteiger partial charge is 0.610 e. The molecule has 0 radical (unpaired) electrons. The Morgan fingerprint density at radius 2 is 2.07 bits per heavy atom. The highest BCUT2D eigenvalue weighted by Gasteiger charge is 2.11. The van der Waals surface area contributed by atoms with Crippen molar-refractivity contribution in [2.75, 3.05) is 13.0 Å². The standard InChI is InChI=1S/C8H11O5PS/c1-12-7-2-4-8(5-3-7)15(11)6-13-14(9)10/h2-5,14H,6H2,1H3,(H,9,10)/t15-/m1/s1. The highest BCUT2D eigenvalue weighted by atomic mass is 32.2. The fraction of sp³-hybridized carbons (Fsp3) is 0.250. The van der Waals surface area contributed by atoms with E-state index < -0.39 is 19.4 Å². The van der Waals surface area contributed by atoms with Gasteiger partial charge in [-0.2, -0.15) is 0 Å². The average molecular weight is 250 g/mol. The van der Waals surface area contributed by atoms with Gasteiger partial charge in [0.2, 0.25) is 5.94 Å². The van der Waals surface area contributed by atoms with Crippen molar-refractivity contribution in [1.29, 1.82) is 0 Å². The van der Waals surface area contributed by atoms with Crippen molar-refractivity contribution < 1.29 is 23.3 Å². The molecule has 7 heteroatoms. The number of benzene rings is 1. The second kappa shape index (κ2) is 6.15. The molecule has 1 N–H and O–H groups in total. The highest BCUT2D eigenvalue weighted by molar-refractivity contribution is 7.91. The topological polar surface area (TPSA) is 78.8 Å². The molecule has 1 aromatic rings. The molecular weight excluding hydrogens is 239 g/mol. The maximum atomic E-state index is 11.5. The number of ether oxygens (including phenoxy) is 1. The summed E-state index contributed by atoms with van der Waals surface area (Å²) in [6.07, 6.45) is 0. The quantitative estimate of drug-likeness (QED) is 0.626. The van der Waals surface area contributed by atoms with Gasteiger partial charge in [0.05, 0.1) is 7.11 Å². The first-order valence-electron chi connectivity index (χ1n) is 4.01. The zero-order valence-electron chi connectivity index (χ0n) is 8.00. The molecule has 0 amide bonds. The summed E-state index contributed by atoms with van der Waals surface area (Å²) in [5, 5.41) is 0. The van der Waals surface area contributed by atoms with Crippen LogP contribution in [-0.2, 0) is 20.3 Å². The maximum absolute atomic E-state index is 11.5. The first kappa shape index (κ1) is 12.5. The van der Waals surface area contributed by atoms with Gasteiger partial charge in [-0.3, -0.25) is 9.09 Å². The van der Waals surface area contributed by atoms with Gasteiger partial charge < -0.3 is 14.2 Å². The Labute approximate surface area is 91.2 Å². The first-order valence-corrected chi connectivity index (χ1v) is 6.60. The predicted octanol–water partition coefficient (Wildman–Crippen LogP) is 1.16. The summed E-state index contributed by atoms with van der Waals surface area (Å²) in [5.74, 6) is 0.382. The van der Waals surface area contributed by atoms with E-state index in [4.69, 9.17) is 9.63 Å². The molecule has 0 heterocycles. The smallest absolute Gasteiger partial charge is 0.320 e. The molecule has 0 saturated carbocycles. The van der Waals surface area contributed by atoms with E-state index in [1.165, 1.54) is 7.11 Å². The Bertz CT molecular complexity index is 328. The van der Waals surface area contributed by atoms with Crippen molar-refractivity contribution in [3.05, 3.63) is 24.3 Å². The first-order chi connectivity index (χ1) is 7.13. The van der Waals surface area contributed by atoms with Crippen LogP contribution in [0.4, 0.5) is 0 Å². The molecule has 0 aliphatic rings. The number of hydrogen-bond donors (Lipinski definition) is 1. The Hall–Kier alpha value is -0.520. The van der Waals surface area contributed by atoms with E-state index >= 15 is 0 Å². The van der Waals surface area contributed by atoms with Crippen LogP contribution in [0, 0.1) is 0 Å². The van der Waals surface area contributed by atoms with Crippen LogP contribution in [0.1, 0.15) is 0 Å². The molecule has 0 spiro atoms. The van der Waals surface area contributed by atoms with Gasteiger partial charge in [-0.15, -0.1) is 0 Å². The van der Waals surface area contributed by atoms with E-state index in [1.807, 2.05) is 0 Å². The fourth-order valence-electron chi connectivity index (χ4n) is 0.899. The summed E-state index contributed by atoms with van der Waals surface area (Å²) in [5.41, 5.74) is 0. The van der Waals surface area contributed by atoms with Crippen LogP contribution >= 0.6 is 8.25 Å². The van der Waals surface area contributed by atoms with Gasteiger partial charge >= 0.3 is 8.25 Å². The summed E-state index contributed by atoms with van der Waals surface area (Å²) < 4.78 is 31.0. The van der Waals surface area contributed by atoms with Crippen molar-refractivity contribution in [3.63, 3.8) is 0 Å². The lowest BCUT2D eigenvalue weighted by Crippen LogP contribution is -2.07. The van der Waals surface area contributed by atoms with Crippen molar-refractivity contribution in [1.82, 2.24) is 0 Å². The predicted molar refractivity (Wildman–Crippen MR) is 56.6 cm³/mol. The fourth-order valence-corrected chi connectivity index (χ4v) is 2.31. The average Bonchev–Trinajstić information content (AvgIpc) is 2.26. The molecule has 1 aromatic carbocycles. The van der Waals surface area contributed by atoms with Crippen LogP contribution in [0.2, 0.25) is 0 Å². The third-order valence-corrected chi connectivity index (χ3v) is 3.34. The Balaban J connectivity index is 2.57. The van der Waals surface area contributed by atoms with Gasteiger partial charge in [-0.1, -0.05) is 0 Å². The third-order valence-electron chi connectivity index (χ3n) is 1.61. The number of hydrogen-bond acceptors (Lipinski definition) is 4. The lowest BCUT2D eigenvalue weighted by Gasteiger charge is -2.09. The maximum Gasteiger partial charge on any atom is 0.320 e. The van der Waals surface area contributed by atoms with Gasteiger partial charge in [-0.05, 0) is 24.3 Å². The summed E-state index contributed by atoms with van der Waals surface area (Å²) in [4.78, 5) is 8.93.